The molecular weight excluding hydrogens is 611 g/mol. The van der Waals surface area contributed by atoms with Gasteiger partial charge in [-0.05, 0) is 24.3 Å². The van der Waals surface area contributed by atoms with Crippen molar-refractivity contribution < 1.29 is 61.0 Å². The van der Waals surface area contributed by atoms with Gasteiger partial charge in [-0.1, -0.05) is 44.2 Å². The van der Waals surface area contributed by atoms with Crippen molar-refractivity contribution in [2.45, 2.75) is 49.9 Å². The predicted octanol–water partition coefficient (Wildman–Crippen LogP) is -0.366. The molecule has 2 aromatic heterocycles. The van der Waals surface area contributed by atoms with Crippen molar-refractivity contribution in [2.75, 3.05) is 0 Å². The molecule has 1 aliphatic carbocycles. The summed E-state index contributed by atoms with van der Waals surface area (Å²) in [7, 11) is -4.55. The van der Waals surface area contributed by atoms with Gasteiger partial charge >= 0.3 is 0 Å². The topological polar surface area (TPSA) is 232 Å². The monoisotopic (exact) mass is 642 g/mol. The van der Waals surface area contributed by atoms with Gasteiger partial charge in [0.25, 0.3) is 0 Å². The quantitative estimate of drug-likeness (QED) is 0.245. The fourth-order valence-electron chi connectivity index (χ4n) is 2.77. The molecule has 1 fully saturated rings. The Morgan fingerprint density at radius 1 is 0.935 bits per heavy atom. The first-order valence-electron chi connectivity index (χ1n) is 8.74. The zero-order chi connectivity index (χ0) is 18.8. The van der Waals surface area contributed by atoms with Crippen LogP contribution in [0.25, 0.3) is 0 Å². The standard InChI is InChI=1S/C11H10N2O3S.C8H14O.4H2O.Pt/c14-17(15,16)11(9-5-1-3-7-12-9)10-6-2-4-8-13-10;9-8-6-4-2-1-3-5-7-8;;;;;/h1-8,11H,(H,14,15,16);6,8H,1-5,7H2;4*1H2;/q;-2;;;;;/p-1/t;8-;;;;;/m.1...../s1. The second kappa shape index (κ2) is 19.4. The van der Waals surface area contributed by atoms with Crippen LogP contribution in [-0.4, -0.2) is 45.5 Å². The number of hydrogen-bond acceptors (Lipinski definition) is 7. The maximum absolute atomic E-state index is 11.3. The minimum atomic E-state index is -4.55. The largest absolute Gasteiger partial charge is 0.876 e. The molecule has 2 aromatic rings. The van der Waals surface area contributed by atoms with Gasteiger partial charge in [-0.2, -0.15) is 6.42 Å². The summed E-state index contributed by atoms with van der Waals surface area (Å²) >= 11 is 0. The van der Waals surface area contributed by atoms with E-state index in [1.165, 1.54) is 43.8 Å². The van der Waals surface area contributed by atoms with E-state index in [9.17, 15) is 18.1 Å². The van der Waals surface area contributed by atoms with Crippen LogP contribution in [0.2, 0.25) is 0 Å². The number of pyridine rings is 2. The third kappa shape index (κ3) is 13.7. The van der Waals surface area contributed by atoms with Crippen molar-refractivity contribution in [2.24, 2.45) is 0 Å². The molecule has 8 N–H and O–H groups in total. The molecule has 12 heteroatoms. The van der Waals surface area contributed by atoms with Gasteiger partial charge in [0.15, 0.2) is 0 Å². The zero-order valence-corrected chi connectivity index (χ0v) is 20.0. The van der Waals surface area contributed by atoms with E-state index in [1.54, 1.807) is 24.3 Å². The third-order valence-electron chi connectivity index (χ3n) is 4.07. The van der Waals surface area contributed by atoms with Crippen LogP contribution in [0.3, 0.4) is 0 Å². The third-order valence-corrected chi connectivity index (χ3v) is 5.13. The molecule has 10 nitrogen and oxygen atoms in total. The van der Waals surface area contributed by atoms with Crippen molar-refractivity contribution in [1.82, 2.24) is 9.97 Å². The summed E-state index contributed by atoms with van der Waals surface area (Å²) in [5.74, 6) is 0. The Kier molecular flexibility index (Phi) is 23.2. The van der Waals surface area contributed by atoms with Crippen LogP contribution in [0.1, 0.15) is 55.2 Å². The second-order valence-electron chi connectivity index (χ2n) is 6.15. The molecule has 3 rings (SSSR count). The van der Waals surface area contributed by atoms with Crippen LogP contribution in [0.15, 0.2) is 48.8 Å². The summed E-state index contributed by atoms with van der Waals surface area (Å²) in [6.45, 7) is 0. The number of aromatic nitrogens is 2. The van der Waals surface area contributed by atoms with Crippen LogP contribution in [0.5, 0.6) is 0 Å². The minimum Gasteiger partial charge on any atom is -0.876 e. The molecule has 0 spiro atoms. The first kappa shape index (κ1) is 37.0. The van der Waals surface area contributed by atoms with E-state index >= 15 is 0 Å². The molecule has 184 valence electrons. The Morgan fingerprint density at radius 3 is 1.84 bits per heavy atom. The number of nitrogens with zero attached hydrogens (tertiary/aromatic N) is 2. The van der Waals surface area contributed by atoms with E-state index in [0.29, 0.717) is 0 Å². The molecule has 0 aromatic carbocycles. The normalized spacial score (nSPS) is 15.4. The van der Waals surface area contributed by atoms with E-state index in [1.807, 2.05) is 6.42 Å². The first-order chi connectivity index (χ1) is 12.5. The fraction of sp³-hybridized carbons (Fsp3) is 0.421. The summed E-state index contributed by atoms with van der Waals surface area (Å²) in [4.78, 5) is 7.81. The SMILES string of the molecule is O.O.O=S(=O)([O-])C(c1ccccn1)c1ccccn1.[O-][C@@H]1[CH-]CCCCCC1.[OH-].[OH3+].[Pt]. The second-order valence-corrected chi connectivity index (χ2v) is 7.60. The Morgan fingerprint density at radius 2 is 1.42 bits per heavy atom. The molecule has 0 saturated heterocycles. The summed E-state index contributed by atoms with van der Waals surface area (Å²) in [5, 5.41) is 9.51. The molecule has 2 heterocycles. The molecule has 0 radical (unpaired) electrons. The maximum Gasteiger partial charge on any atom is 0.133 e. The van der Waals surface area contributed by atoms with Crippen molar-refractivity contribution in [1.29, 1.82) is 0 Å². The molecular formula is C19H31N2O8PtS-3. The summed E-state index contributed by atoms with van der Waals surface area (Å²) in [6, 6.07) is 9.54. The van der Waals surface area contributed by atoms with Gasteiger partial charge in [0.05, 0.1) is 11.4 Å². The molecule has 31 heavy (non-hydrogen) atoms. The Balaban J connectivity index is -0.000000229. The van der Waals surface area contributed by atoms with Crippen LogP contribution in [0, 0.1) is 6.42 Å². The molecule has 1 saturated carbocycles. The first-order valence-corrected chi connectivity index (χ1v) is 10.2. The van der Waals surface area contributed by atoms with Crippen molar-refractivity contribution in [3.05, 3.63) is 66.6 Å². The van der Waals surface area contributed by atoms with Gasteiger partial charge in [0, 0.05) is 33.5 Å². The maximum atomic E-state index is 11.3. The van der Waals surface area contributed by atoms with Gasteiger partial charge in [0.1, 0.15) is 15.4 Å². The average molecular weight is 643 g/mol. The van der Waals surface area contributed by atoms with E-state index in [0.717, 1.165) is 19.3 Å². The van der Waals surface area contributed by atoms with E-state index in [-0.39, 0.29) is 60.5 Å². The molecule has 0 unspecified atom stereocenters. The van der Waals surface area contributed by atoms with Crippen LogP contribution < -0.4 is 5.11 Å². The fourth-order valence-corrected chi connectivity index (χ4v) is 3.64. The minimum absolute atomic E-state index is 0. The van der Waals surface area contributed by atoms with Crippen LogP contribution in [0.4, 0.5) is 0 Å². The molecule has 0 aliphatic heterocycles. The van der Waals surface area contributed by atoms with Crippen LogP contribution in [-0.2, 0) is 36.7 Å². The predicted molar refractivity (Wildman–Crippen MR) is 110 cm³/mol. The molecule has 0 amide bonds. The smallest absolute Gasteiger partial charge is 0.133 e. The van der Waals surface area contributed by atoms with Gasteiger partial charge in [0.2, 0.25) is 0 Å². The van der Waals surface area contributed by atoms with Crippen molar-refractivity contribution in [3.63, 3.8) is 0 Å². The average Bonchev–Trinajstić information content (AvgIpc) is 2.60. The van der Waals surface area contributed by atoms with Gasteiger partial charge in [-0.15, -0.1) is 0 Å². The molecule has 0 bridgehead atoms. The van der Waals surface area contributed by atoms with Gasteiger partial charge in [-0.25, -0.2) is 8.42 Å². The van der Waals surface area contributed by atoms with Gasteiger partial charge < -0.3 is 38.0 Å². The van der Waals surface area contributed by atoms with Crippen LogP contribution >= 0.6 is 0 Å². The van der Waals surface area contributed by atoms with E-state index in [4.69, 9.17) is 0 Å². The van der Waals surface area contributed by atoms with Gasteiger partial charge in [-0.3, -0.25) is 16.1 Å². The molecule has 1 aliphatic rings. The Bertz CT molecular complexity index is 707. The summed E-state index contributed by atoms with van der Waals surface area (Å²) in [6.07, 6.45) is 11.4. The van der Waals surface area contributed by atoms with Crippen molar-refractivity contribution >= 4 is 10.1 Å². The number of rotatable bonds is 3. The van der Waals surface area contributed by atoms with Crippen molar-refractivity contribution in [3.8, 4) is 0 Å². The zero-order valence-electron chi connectivity index (χ0n) is 16.9. The Labute approximate surface area is 197 Å². The summed E-state index contributed by atoms with van der Waals surface area (Å²) < 4.78 is 33.9. The van der Waals surface area contributed by atoms with E-state index < -0.39 is 15.4 Å². The number of hydrogen-bond donors (Lipinski definition) is 0. The summed E-state index contributed by atoms with van der Waals surface area (Å²) in [5.41, 5.74) is 0.363. The van der Waals surface area contributed by atoms with E-state index in [2.05, 4.69) is 9.97 Å². The Hall–Kier alpha value is -1.30. The molecule has 1 atom stereocenters.